The van der Waals surface area contributed by atoms with Gasteiger partial charge in [-0.1, -0.05) is 38.1 Å². The molecule has 0 radical (unpaired) electrons. The molecule has 0 saturated carbocycles. The van der Waals surface area contributed by atoms with Crippen molar-refractivity contribution in [2.45, 2.75) is 33.7 Å². The normalized spacial score (nSPS) is 15.6. The van der Waals surface area contributed by atoms with Crippen LogP contribution < -0.4 is 16.0 Å². The highest BCUT2D eigenvalue weighted by atomic mass is 16.1. The number of nitrogens with zero attached hydrogens (tertiary/aromatic N) is 5. The van der Waals surface area contributed by atoms with Crippen molar-refractivity contribution >= 4 is 17.4 Å². The minimum atomic E-state index is 0.0839. The van der Waals surface area contributed by atoms with E-state index >= 15 is 0 Å². The average molecular weight is 464 g/mol. The number of amides is 1. The highest BCUT2D eigenvalue weighted by Crippen LogP contribution is 2.27. The van der Waals surface area contributed by atoms with Crippen LogP contribution in [0.3, 0.4) is 0 Å². The molecule has 0 spiro atoms. The molecule has 1 aromatic carbocycles. The number of nitrogens with two attached hydrogens (primary N) is 1. The maximum atomic E-state index is 11.9. The van der Waals surface area contributed by atoms with E-state index < -0.39 is 0 Å². The quantitative estimate of drug-likeness (QED) is 0.555. The fraction of sp³-hybridized carbons (Fsp3) is 0.462. The van der Waals surface area contributed by atoms with Crippen LogP contribution in [0.2, 0.25) is 0 Å². The molecule has 1 aliphatic rings. The highest BCUT2D eigenvalue weighted by molar-refractivity contribution is 5.98. The lowest BCUT2D eigenvalue weighted by atomic mass is 10.1. The number of carbonyl (C=O) groups excluding carboxylic acids is 1. The second-order valence-electron chi connectivity index (χ2n) is 9.06. The Hall–Kier alpha value is -3.26. The van der Waals surface area contributed by atoms with E-state index in [1.165, 1.54) is 0 Å². The van der Waals surface area contributed by atoms with E-state index in [1.807, 2.05) is 32.9 Å². The number of hydrogen-bond donors (Lipinski definition) is 2. The summed E-state index contributed by atoms with van der Waals surface area (Å²) in [7, 11) is 1.79. The number of hydrogen-bond acceptors (Lipinski definition) is 7. The molecular weight excluding hydrogens is 426 g/mol. The Morgan fingerprint density at radius 3 is 2.44 bits per heavy atom. The van der Waals surface area contributed by atoms with E-state index in [1.54, 1.807) is 25.6 Å². The van der Waals surface area contributed by atoms with Crippen LogP contribution in [-0.4, -0.2) is 66.3 Å². The Kier molecular flexibility index (Phi) is 9.16. The third-order valence-electron chi connectivity index (χ3n) is 6.06. The zero-order chi connectivity index (χ0) is 24.5. The minimum Gasteiger partial charge on any atom is -0.404 e. The van der Waals surface area contributed by atoms with Gasteiger partial charge in [0.25, 0.3) is 0 Å². The lowest BCUT2D eigenvalue weighted by Gasteiger charge is -2.36. The first-order valence-corrected chi connectivity index (χ1v) is 11.9. The third-order valence-corrected chi connectivity index (χ3v) is 6.06. The van der Waals surface area contributed by atoms with Crippen LogP contribution in [0.4, 0.5) is 5.82 Å². The largest absolute Gasteiger partial charge is 0.404 e. The van der Waals surface area contributed by atoms with E-state index in [9.17, 15) is 4.79 Å². The van der Waals surface area contributed by atoms with Gasteiger partial charge in [0, 0.05) is 88.2 Å². The van der Waals surface area contributed by atoms with Crippen LogP contribution >= 0.6 is 0 Å². The van der Waals surface area contributed by atoms with Gasteiger partial charge in [0.05, 0.1) is 0 Å². The lowest BCUT2D eigenvalue weighted by molar-refractivity contribution is -0.121. The summed E-state index contributed by atoms with van der Waals surface area (Å²) in [6, 6.07) is 8.19. The lowest BCUT2D eigenvalue weighted by Crippen LogP contribution is -2.47. The average Bonchev–Trinajstić information content (AvgIpc) is 2.86. The fourth-order valence-corrected chi connectivity index (χ4v) is 3.98. The van der Waals surface area contributed by atoms with Crippen LogP contribution in [0, 0.1) is 5.92 Å². The van der Waals surface area contributed by atoms with Crippen molar-refractivity contribution in [1.82, 2.24) is 20.2 Å². The third kappa shape index (κ3) is 6.87. The van der Waals surface area contributed by atoms with Crippen molar-refractivity contribution < 1.29 is 4.79 Å². The standard InChI is InChI=1S/C26H37N7O/c1-19(2)15-24(34)31-17-21-5-7-22(8-6-21)25-26(30-10-9-29-25)33-13-11-32(12-14-33)18-23(16-27)20(3)28-4/h5-10,16,19H,11-15,17-18,27H2,1-4H3,(H,31,34)/b23-16-,28-20?. The van der Waals surface area contributed by atoms with E-state index in [2.05, 4.69) is 42.2 Å². The first-order chi connectivity index (χ1) is 16.4. The maximum Gasteiger partial charge on any atom is 0.220 e. The Balaban J connectivity index is 1.64. The first-order valence-electron chi connectivity index (χ1n) is 11.9. The van der Waals surface area contributed by atoms with Crippen LogP contribution in [0.5, 0.6) is 0 Å². The molecule has 0 aliphatic carbocycles. The maximum absolute atomic E-state index is 11.9. The van der Waals surface area contributed by atoms with E-state index in [4.69, 9.17) is 5.73 Å². The van der Waals surface area contributed by atoms with Crippen molar-refractivity contribution in [1.29, 1.82) is 0 Å². The van der Waals surface area contributed by atoms with Gasteiger partial charge in [-0.05, 0) is 18.4 Å². The predicted octanol–water partition coefficient (Wildman–Crippen LogP) is 2.86. The van der Waals surface area contributed by atoms with Crippen LogP contribution in [0.25, 0.3) is 11.3 Å². The molecule has 2 aromatic rings. The van der Waals surface area contributed by atoms with E-state index in [0.717, 1.165) is 66.6 Å². The summed E-state index contributed by atoms with van der Waals surface area (Å²) in [6.45, 7) is 11.0. The summed E-state index contributed by atoms with van der Waals surface area (Å²) < 4.78 is 0. The molecule has 3 rings (SSSR count). The zero-order valence-electron chi connectivity index (χ0n) is 20.8. The van der Waals surface area contributed by atoms with Crippen LogP contribution in [0.15, 0.2) is 53.4 Å². The van der Waals surface area contributed by atoms with Gasteiger partial charge in [0.1, 0.15) is 5.69 Å². The Morgan fingerprint density at radius 2 is 1.82 bits per heavy atom. The number of anilines is 1. The number of aliphatic imine (C=N–C) groups is 1. The summed E-state index contributed by atoms with van der Waals surface area (Å²) in [5, 5.41) is 2.99. The van der Waals surface area contributed by atoms with Gasteiger partial charge in [-0.15, -0.1) is 0 Å². The summed E-state index contributed by atoms with van der Waals surface area (Å²) in [6.07, 6.45) is 5.69. The Labute approximate surface area is 203 Å². The van der Waals surface area contributed by atoms with E-state index in [0.29, 0.717) is 18.9 Å². The summed E-state index contributed by atoms with van der Waals surface area (Å²) >= 11 is 0. The molecule has 0 unspecified atom stereocenters. The summed E-state index contributed by atoms with van der Waals surface area (Å²) in [5.74, 6) is 1.34. The molecule has 1 saturated heterocycles. The molecule has 1 amide bonds. The SMILES string of the molecule is CN=C(C)/C(=C\N)CN1CCN(c2nccnc2-c2ccc(CNC(=O)CC(C)C)cc2)CC1. The molecule has 182 valence electrons. The van der Waals surface area contributed by atoms with Crippen molar-refractivity contribution in [3.8, 4) is 11.3 Å². The number of benzene rings is 1. The molecule has 1 aliphatic heterocycles. The fourth-order valence-electron chi connectivity index (χ4n) is 3.98. The van der Waals surface area contributed by atoms with Crippen molar-refractivity contribution in [2.24, 2.45) is 16.6 Å². The molecule has 34 heavy (non-hydrogen) atoms. The van der Waals surface area contributed by atoms with Gasteiger partial charge in [-0.2, -0.15) is 0 Å². The number of nitrogens with one attached hydrogen (secondary N) is 1. The van der Waals surface area contributed by atoms with Crippen molar-refractivity contribution in [3.63, 3.8) is 0 Å². The molecule has 3 N–H and O–H groups in total. The monoisotopic (exact) mass is 463 g/mol. The smallest absolute Gasteiger partial charge is 0.220 e. The van der Waals surface area contributed by atoms with Gasteiger partial charge >= 0.3 is 0 Å². The molecular formula is C26H37N7O. The number of piperazine rings is 1. The predicted molar refractivity (Wildman–Crippen MR) is 139 cm³/mol. The Bertz CT molecular complexity index is 1010. The zero-order valence-corrected chi connectivity index (χ0v) is 20.8. The van der Waals surface area contributed by atoms with Gasteiger partial charge in [0.2, 0.25) is 5.91 Å². The number of rotatable bonds is 9. The summed E-state index contributed by atoms with van der Waals surface area (Å²) in [5.41, 5.74) is 10.8. The molecule has 1 aromatic heterocycles. The molecule has 0 atom stereocenters. The number of carbonyl (C=O) groups is 1. The molecule has 0 bridgehead atoms. The van der Waals surface area contributed by atoms with Gasteiger partial charge < -0.3 is 16.0 Å². The molecule has 1 fully saturated rings. The second-order valence-corrected chi connectivity index (χ2v) is 9.06. The first kappa shape index (κ1) is 25.4. The minimum absolute atomic E-state index is 0.0839. The molecule has 8 nitrogen and oxygen atoms in total. The molecule has 2 heterocycles. The summed E-state index contributed by atoms with van der Waals surface area (Å²) in [4.78, 5) is 30.2. The number of aromatic nitrogens is 2. The van der Waals surface area contributed by atoms with Gasteiger partial charge in [0.15, 0.2) is 5.82 Å². The highest BCUT2D eigenvalue weighted by Gasteiger charge is 2.22. The van der Waals surface area contributed by atoms with Crippen LogP contribution in [0.1, 0.15) is 32.8 Å². The van der Waals surface area contributed by atoms with E-state index in [-0.39, 0.29) is 5.91 Å². The van der Waals surface area contributed by atoms with Crippen LogP contribution in [-0.2, 0) is 11.3 Å². The van der Waals surface area contributed by atoms with Gasteiger partial charge in [-0.25, -0.2) is 4.98 Å². The van der Waals surface area contributed by atoms with Gasteiger partial charge in [-0.3, -0.25) is 19.7 Å². The van der Waals surface area contributed by atoms with Crippen molar-refractivity contribution in [2.75, 3.05) is 44.7 Å². The Morgan fingerprint density at radius 1 is 1.15 bits per heavy atom. The van der Waals surface area contributed by atoms with Crippen molar-refractivity contribution in [3.05, 3.63) is 54.0 Å². The second kappa shape index (κ2) is 12.3. The topological polar surface area (TPSA) is 99.7 Å². The molecule has 8 heteroatoms.